The summed E-state index contributed by atoms with van der Waals surface area (Å²) < 4.78 is 10.8. The van der Waals surface area contributed by atoms with E-state index in [1.165, 1.54) is 0 Å². The smallest absolute Gasteiger partial charge is 0.169 e. The Bertz CT molecular complexity index is 607. The summed E-state index contributed by atoms with van der Waals surface area (Å²) in [6.07, 6.45) is 1.98. The van der Waals surface area contributed by atoms with Crippen LogP contribution in [0.15, 0.2) is 16.7 Å². The van der Waals surface area contributed by atoms with Crippen LogP contribution in [0, 0.1) is 6.92 Å². The Hall–Kier alpha value is -1.68. The van der Waals surface area contributed by atoms with E-state index in [0.29, 0.717) is 16.6 Å². The Labute approximate surface area is 110 Å². The number of fused-ring (bicyclic) bond motifs is 1. The van der Waals surface area contributed by atoms with Crippen molar-refractivity contribution in [1.82, 2.24) is 5.16 Å². The van der Waals surface area contributed by atoms with Crippen LogP contribution in [0.4, 0.5) is 5.82 Å². The molecule has 1 aromatic heterocycles. The highest BCUT2D eigenvalue weighted by Crippen LogP contribution is 2.40. The number of hydrogen-bond acceptors (Lipinski definition) is 4. The molecule has 18 heavy (non-hydrogen) atoms. The van der Waals surface area contributed by atoms with Crippen LogP contribution in [0.25, 0.3) is 11.3 Å². The van der Waals surface area contributed by atoms with Crippen LogP contribution >= 0.6 is 11.6 Å². The molecule has 0 amide bonds. The third-order valence-corrected chi connectivity index (χ3v) is 3.51. The molecule has 0 spiro atoms. The molecule has 0 aliphatic carbocycles. The van der Waals surface area contributed by atoms with E-state index in [4.69, 9.17) is 26.6 Å². The van der Waals surface area contributed by atoms with Gasteiger partial charge in [-0.3, -0.25) is 0 Å². The van der Waals surface area contributed by atoms with Gasteiger partial charge in [0.1, 0.15) is 5.75 Å². The number of anilines is 1. The number of nitrogen functional groups attached to an aromatic ring is 1. The fourth-order valence-electron chi connectivity index (χ4n) is 2.33. The van der Waals surface area contributed by atoms with Gasteiger partial charge in [-0.25, -0.2) is 0 Å². The highest BCUT2D eigenvalue weighted by molar-refractivity contribution is 6.32. The zero-order chi connectivity index (χ0) is 12.7. The van der Waals surface area contributed by atoms with Crippen LogP contribution in [0.3, 0.4) is 0 Å². The van der Waals surface area contributed by atoms with Crippen molar-refractivity contribution in [3.05, 3.63) is 28.3 Å². The van der Waals surface area contributed by atoms with Crippen molar-refractivity contribution < 1.29 is 9.26 Å². The van der Waals surface area contributed by atoms with Crippen LogP contribution in [0.2, 0.25) is 5.02 Å². The number of aromatic nitrogens is 1. The molecule has 2 aromatic rings. The Morgan fingerprint density at radius 3 is 2.94 bits per heavy atom. The van der Waals surface area contributed by atoms with Crippen molar-refractivity contribution in [2.75, 3.05) is 12.3 Å². The first kappa shape index (κ1) is 11.4. The summed E-state index contributed by atoms with van der Waals surface area (Å²) in [6, 6.07) is 3.55. The summed E-state index contributed by atoms with van der Waals surface area (Å²) in [5.74, 6) is 1.81. The van der Waals surface area contributed by atoms with Gasteiger partial charge in [-0.15, -0.1) is 0 Å². The van der Waals surface area contributed by atoms with E-state index in [1.807, 2.05) is 13.0 Å². The van der Waals surface area contributed by atoms with Gasteiger partial charge < -0.3 is 15.0 Å². The van der Waals surface area contributed by atoms with E-state index in [-0.39, 0.29) is 0 Å². The van der Waals surface area contributed by atoms with E-state index >= 15 is 0 Å². The Morgan fingerprint density at radius 2 is 2.22 bits per heavy atom. The maximum atomic E-state index is 6.26. The highest BCUT2D eigenvalue weighted by atomic mass is 35.5. The second kappa shape index (κ2) is 4.21. The minimum atomic E-state index is 0.370. The Balaban J connectivity index is 2.19. The fourth-order valence-corrected chi connectivity index (χ4v) is 2.61. The second-order valence-electron chi connectivity index (χ2n) is 4.41. The Kier molecular flexibility index (Phi) is 2.67. The lowest BCUT2D eigenvalue weighted by Crippen LogP contribution is -2.10. The molecule has 94 valence electrons. The maximum absolute atomic E-state index is 6.26. The summed E-state index contributed by atoms with van der Waals surface area (Å²) >= 11 is 6.26. The molecule has 1 aliphatic rings. The summed E-state index contributed by atoms with van der Waals surface area (Å²) in [7, 11) is 0. The minimum absolute atomic E-state index is 0.370. The SMILES string of the molecule is Cc1c(-c2cc(N)no2)cc(Cl)c2c1CCCO2. The van der Waals surface area contributed by atoms with E-state index in [2.05, 4.69) is 5.16 Å². The van der Waals surface area contributed by atoms with Crippen molar-refractivity contribution in [2.45, 2.75) is 19.8 Å². The van der Waals surface area contributed by atoms with Crippen LogP contribution in [-0.4, -0.2) is 11.8 Å². The predicted molar refractivity (Wildman–Crippen MR) is 69.9 cm³/mol. The average molecular weight is 265 g/mol. The predicted octanol–water partition coefficient (Wildman–Crippen LogP) is 3.21. The molecule has 0 bridgehead atoms. The topological polar surface area (TPSA) is 61.3 Å². The second-order valence-corrected chi connectivity index (χ2v) is 4.81. The molecular weight excluding hydrogens is 252 g/mol. The molecular formula is C13H13ClN2O2. The molecule has 0 saturated heterocycles. The largest absolute Gasteiger partial charge is 0.492 e. The summed E-state index contributed by atoms with van der Waals surface area (Å²) in [4.78, 5) is 0. The lowest BCUT2D eigenvalue weighted by molar-refractivity contribution is 0.288. The number of rotatable bonds is 1. The maximum Gasteiger partial charge on any atom is 0.169 e. The monoisotopic (exact) mass is 264 g/mol. The van der Waals surface area contributed by atoms with Crippen molar-refractivity contribution in [1.29, 1.82) is 0 Å². The molecule has 2 N–H and O–H groups in total. The van der Waals surface area contributed by atoms with Crippen LogP contribution in [-0.2, 0) is 6.42 Å². The normalized spacial score (nSPS) is 14.1. The standard InChI is InChI=1S/C13H13ClN2O2/c1-7-8-3-2-4-17-13(8)10(14)5-9(7)11-6-12(15)16-18-11/h5-6H,2-4H2,1H3,(H2,15,16). The van der Waals surface area contributed by atoms with Crippen molar-refractivity contribution in [2.24, 2.45) is 0 Å². The van der Waals surface area contributed by atoms with Crippen LogP contribution in [0.1, 0.15) is 17.5 Å². The van der Waals surface area contributed by atoms with Gasteiger partial charge in [0.05, 0.1) is 11.6 Å². The number of benzene rings is 1. The lowest BCUT2D eigenvalue weighted by Gasteiger charge is -2.21. The summed E-state index contributed by atoms with van der Waals surface area (Å²) in [5.41, 5.74) is 8.77. The Morgan fingerprint density at radius 1 is 1.39 bits per heavy atom. The van der Waals surface area contributed by atoms with Gasteiger partial charge >= 0.3 is 0 Å². The zero-order valence-electron chi connectivity index (χ0n) is 10.00. The van der Waals surface area contributed by atoms with E-state index in [0.717, 1.165) is 41.9 Å². The molecule has 4 nitrogen and oxygen atoms in total. The molecule has 1 aliphatic heterocycles. The molecule has 2 heterocycles. The summed E-state index contributed by atoms with van der Waals surface area (Å²) in [6.45, 7) is 2.76. The first-order chi connectivity index (χ1) is 8.66. The first-order valence-corrected chi connectivity index (χ1v) is 6.22. The van der Waals surface area contributed by atoms with E-state index in [1.54, 1.807) is 6.07 Å². The van der Waals surface area contributed by atoms with Crippen LogP contribution in [0.5, 0.6) is 5.75 Å². The number of nitrogens with two attached hydrogens (primary N) is 1. The van der Waals surface area contributed by atoms with Crippen molar-refractivity contribution >= 4 is 17.4 Å². The van der Waals surface area contributed by atoms with Crippen molar-refractivity contribution in [3.8, 4) is 17.1 Å². The number of nitrogens with zero attached hydrogens (tertiary/aromatic N) is 1. The van der Waals surface area contributed by atoms with Gasteiger partial charge in [0.15, 0.2) is 11.6 Å². The van der Waals surface area contributed by atoms with E-state index in [9.17, 15) is 0 Å². The third kappa shape index (κ3) is 1.73. The molecule has 0 saturated carbocycles. The third-order valence-electron chi connectivity index (χ3n) is 3.23. The molecule has 0 fully saturated rings. The lowest BCUT2D eigenvalue weighted by atomic mass is 9.95. The van der Waals surface area contributed by atoms with Gasteiger partial charge in [-0.05, 0) is 37.0 Å². The molecule has 0 radical (unpaired) electrons. The zero-order valence-corrected chi connectivity index (χ0v) is 10.8. The van der Waals surface area contributed by atoms with Gasteiger partial charge in [0.2, 0.25) is 0 Å². The molecule has 5 heteroatoms. The highest BCUT2D eigenvalue weighted by Gasteiger charge is 2.21. The molecule has 0 unspecified atom stereocenters. The first-order valence-electron chi connectivity index (χ1n) is 5.84. The minimum Gasteiger partial charge on any atom is -0.492 e. The van der Waals surface area contributed by atoms with Gasteiger partial charge in [-0.1, -0.05) is 16.8 Å². The van der Waals surface area contributed by atoms with Gasteiger partial charge in [-0.2, -0.15) is 0 Å². The average Bonchev–Trinajstić information content (AvgIpc) is 2.80. The van der Waals surface area contributed by atoms with E-state index < -0.39 is 0 Å². The van der Waals surface area contributed by atoms with Crippen molar-refractivity contribution in [3.63, 3.8) is 0 Å². The summed E-state index contributed by atoms with van der Waals surface area (Å²) in [5, 5.41) is 4.32. The number of hydrogen-bond donors (Lipinski definition) is 1. The molecule has 0 atom stereocenters. The van der Waals surface area contributed by atoms with Gasteiger partial charge in [0.25, 0.3) is 0 Å². The number of ether oxygens (including phenoxy) is 1. The quantitative estimate of drug-likeness (QED) is 0.859. The van der Waals surface area contributed by atoms with Crippen LogP contribution < -0.4 is 10.5 Å². The fraction of sp³-hybridized carbons (Fsp3) is 0.308. The molecule has 1 aromatic carbocycles. The van der Waals surface area contributed by atoms with Gasteiger partial charge in [0, 0.05) is 11.6 Å². The number of halogens is 1. The molecule has 3 rings (SSSR count).